The summed E-state index contributed by atoms with van der Waals surface area (Å²) in [7, 11) is 1.59. The van der Waals surface area contributed by atoms with Crippen LogP contribution < -0.4 is 25.0 Å². The van der Waals surface area contributed by atoms with Crippen LogP contribution in [-0.4, -0.2) is 24.2 Å². The smallest absolute Gasteiger partial charge is 0.271 e. The lowest BCUT2D eigenvalue weighted by molar-refractivity contribution is 0.0955. The van der Waals surface area contributed by atoms with Crippen molar-refractivity contribution >= 4 is 57.5 Å². The number of nitrogens with one attached hydrogen (secondary N) is 2. The van der Waals surface area contributed by atoms with Crippen LogP contribution in [0.15, 0.2) is 126 Å². The van der Waals surface area contributed by atoms with Crippen LogP contribution in [0.25, 0.3) is 11.3 Å². The van der Waals surface area contributed by atoms with Crippen molar-refractivity contribution in [1.82, 2.24) is 10.4 Å². The summed E-state index contributed by atoms with van der Waals surface area (Å²) >= 11 is 14.5. The SMILES string of the molecule is COc1cc(COc2c(Cl)cc(/C=N/NC(=O)c3ccc(-c4csc(Nc5ccccc5)n4)cc3)cc2Cl)ccc1OCc1ccccc1. The Balaban J connectivity index is 1.01. The lowest BCUT2D eigenvalue weighted by Crippen LogP contribution is -2.17. The first-order valence-corrected chi connectivity index (χ1v) is 16.8. The highest BCUT2D eigenvalue weighted by atomic mass is 35.5. The largest absolute Gasteiger partial charge is 0.493 e. The number of halogens is 2. The van der Waals surface area contributed by atoms with Gasteiger partial charge in [0.15, 0.2) is 22.4 Å². The normalized spacial score (nSPS) is 10.9. The Kier molecular flexibility index (Phi) is 11.1. The molecule has 8 nitrogen and oxygen atoms in total. The lowest BCUT2D eigenvalue weighted by atomic mass is 10.1. The fourth-order valence-electron chi connectivity index (χ4n) is 4.73. The molecule has 49 heavy (non-hydrogen) atoms. The molecule has 0 fully saturated rings. The maximum atomic E-state index is 12.7. The molecule has 1 amide bonds. The Morgan fingerprint density at radius 2 is 1.51 bits per heavy atom. The number of rotatable bonds is 13. The van der Waals surface area contributed by atoms with Gasteiger partial charge in [-0.25, -0.2) is 10.4 Å². The van der Waals surface area contributed by atoms with Crippen molar-refractivity contribution in [2.45, 2.75) is 13.2 Å². The number of anilines is 2. The number of aromatic nitrogens is 1. The Bertz CT molecular complexity index is 2030. The van der Waals surface area contributed by atoms with Gasteiger partial charge in [0.05, 0.1) is 29.1 Å². The molecule has 6 aromatic rings. The van der Waals surface area contributed by atoms with E-state index in [0.29, 0.717) is 45.0 Å². The van der Waals surface area contributed by atoms with Crippen molar-refractivity contribution < 1.29 is 19.0 Å². The monoisotopic (exact) mass is 708 g/mol. The molecule has 2 N–H and O–H groups in total. The van der Waals surface area contributed by atoms with E-state index in [9.17, 15) is 4.79 Å². The van der Waals surface area contributed by atoms with Crippen LogP contribution in [0.1, 0.15) is 27.0 Å². The third-order valence-corrected chi connectivity index (χ3v) is 8.54. The minimum atomic E-state index is -0.364. The molecule has 0 saturated heterocycles. The van der Waals surface area contributed by atoms with E-state index in [1.165, 1.54) is 17.6 Å². The summed E-state index contributed by atoms with van der Waals surface area (Å²) < 4.78 is 17.4. The van der Waals surface area contributed by atoms with Crippen LogP contribution in [0.3, 0.4) is 0 Å². The molecule has 5 aromatic carbocycles. The summed E-state index contributed by atoms with van der Waals surface area (Å²) in [6.07, 6.45) is 1.46. The third-order valence-electron chi connectivity index (χ3n) is 7.22. The van der Waals surface area contributed by atoms with Gasteiger partial charge in [0.2, 0.25) is 0 Å². The minimum Gasteiger partial charge on any atom is -0.493 e. The summed E-state index contributed by atoms with van der Waals surface area (Å²) in [4.78, 5) is 17.4. The van der Waals surface area contributed by atoms with Gasteiger partial charge in [-0.15, -0.1) is 11.3 Å². The number of carbonyl (C=O) groups excluding carboxylic acids is 1. The molecule has 1 heterocycles. The fourth-order valence-corrected chi connectivity index (χ4v) is 6.09. The number of hydrazone groups is 1. The molecule has 0 saturated carbocycles. The summed E-state index contributed by atoms with van der Waals surface area (Å²) in [5.41, 5.74) is 8.15. The zero-order chi connectivity index (χ0) is 34.0. The molecule has 0 aliphatic heterocycles. The first-order chi connectivity index (χ1) is 23.9. The van der Waals surface area contributed by atoms with E-state index in [0.717, 1.165) is 33.2 Å². The molecule has 0 radical (unpaired) electrons. The number of para-hydroxylation sites is 1. The standard InChI is InChI=1S/C38H30Cl2N4O4S/c1-46-35-20-26(12-17-34(35)47-22-25-8-4-2-5-9-25)23-48-36-31(39)18-27(19-32(36)40)21-41-44-37(45)29-15-13-28(14-16-29)33-24-49-38(43-33)42-30-10-6-3-7-11-30/h2-21,24H,22-23H2,1H3,(H,42,43)(H,44,45)/b41-21+. The first-order valence-electron chi connectivity index (χ1n) is 15.1. The number of nitrogens with zero attached hydrogens (tertiary/aromatic N) is 2. The molecule has 6 rings (SSSR count). The average molecular weight is 710 g/mol. The second-order valence-electron chi connectivity index (χ2n) is 10.7. The maximum Gasteiger partial charge on any atom is 0.271 e. The van der Waals surface area contributed by atoms with Gasteiger partial charge in [-0.2, -0.15) is 5.10 Å². The fraction of sp³-hybridized carbons (Fsp3) is 0.0789. The van der Waals surface area contributed by atoms with Gasteiger partial charge < -0.3 is 19.5 Å². The van der Waals surface area contributed by atoms with E-state index in [2.05, 4.69) is 20.8 Å². The summed E-state index contributed by atoms with van der Waals surface area (Å²) in [6.45, 7) is 0.624. The van der Waals surface area contributed by atoms with Crippen molar-refractivity contribution in [3.05, 3.63) is 153 Å². The molecule has 246 valence electrons. The van der Waals surface area contributed by atoms with Crippen molar-refractivity contribution in [2.75, 3.05) is 12.4 Å². The van der Waals surface area contributed by atoms with Crippen molar-refractivity contribution in [1.29, 1.82) is 0 Å². The highest BCUT2D eigenvalue weighted by molar-refractivity contribution is 7.14. The number of hydrogen-bond acceptors (Lipinski definition) is 8. The molecule has 1 aromatic heterocycles. The number of methoxy groups -OCH3 is 1. The summed E-state index contributed by atoms with van der Waals surface area (Å²) in [6, 6.07) is 35.8. The van der Waals surface area contributed by atoms with Crippen LogP contribution in [-0.2, 0) is 13.2 Å². The van der Waals surface area contributed by atoms with Crippen LogP contribution in [0.2, 0.25) is 10.0 Å². The Hall–Kier alpha value is -5.35. The molecule has 0 unspecified atom stereocenters. The van der Waals surface area contributed by atoms with Gasteiger partial charge in [-0.05, 0) is 65.2 Å². The van der Waals surface area contributed by atoms with E-state index < -0.39 is 0 Å². The zero-order valence-electron chi connectivity index (χ0n) is 26.2. The van der Waals surface area contributed by atoms with Crippen LogP contribution in [0.4, 0.5) is 10.8 Å². The van der Waals surface area contributed by atoms with Gasteiger partial charge in [0, 0.05) is 22.2 Å². The number of ether oxygens (including phenoxy) is 3. The highest BCUT2D eigenvalue weighted by Gasteiger charge is 2.13. The van der Waals surface area contributed by atoms with Crippen LogP contribution in [0, 0.1) is 0 Å². The number of carbonyl (C=O) groups is 1. The Morgan fingerprint density at radius 1 is 0.816 bits per heavy atom. The van der Waals surface area contributed by atoms with E-state index in [1.54, 1.807) is 31.4 Å². The quantitative estimate of drug-likeness (QED) is 0.0916. The van der Waals surface area contributed by atoms with E-state index in [1.807, 2.05) is 96.4 Å². The Labute approximate surface area is 297 Å². The van der Waals surface area contributed by atoms with Gasteiger partial charge in [-0.1, -0.05) is 89.9 Å². The third kappa shape index (κ3) is 8.97. The van der Waals surface area contributed by atoms with E-state index in [4.69, 9.17) is 37.4 Å². The zero-order valence-corrected chi connectivity index (χ0v) is 28.6. The second-order valence-corrected chi connectivity index (χ2v) is 12.3. The summed E-state index contributed by atoms with van der Waals surface area (Å²) in [5.74, 6) is 1.18. The molecule has 0 aliphatic rings. The van der Waals surface area contributed by atoms with Crippen molar-refractivity contribution in [2.24, 2.45) is 5.10 Å². The minimum absolute atomic E-state index is 0.200. The molecule has 11 heteroatoms. The van der Waals surface area contributed by atoms with Crippen LogP contribution in [0.5, 0.6) is 17.2 Å². The molecule has 0 aliphatic carbocycles. The lowest BCUT2D eigenvalue weighted by Gasteiger charge is -2.14. The molecule has 0 spiro atoms. The molecule has 0 bridgehead atoms. The predicted octanol–water partition coefficient (Wildman–Crippen LogP) is 9.79. The van der Waals surface area contributed by atoms with Gasteiger partial charge in [0.25, 0.3) is 5.91 Å². The van der Waals surface area contributed by atoms with Gasteiger partial charge >= 0.3 is 0 Å². The van der Waals surface area contributed by atoms with Crippen molar-refractivity contribution in [3.8, 4) is 28.5 Å². The van der Waals surface area contributed by atoms with Crippen molar-refractivity contribution in [3.63, 3.8) is 0 Å². The molecule has 0 atom stereocenters. The highest BCUT2D eigenvalue weighted by Crippen LogP contribution is 2.35. The topological polar surface area (TPSA) is 94.1 Å². The molecular formula is C38H30Cl2N4O4S. The average Bonchev–Trinajstić information content (AvgIpc) is 3.60. The predicted molar refractivity (Wildman–Crippen MR) is 197 cm³/mol. The number of amides is 1. The van der Waals surface area contributed by atoms with Crippen LogP contribution >= 0.6 is 34.5 Å². The number of benzene rings is 5. The Morgan fingerprint density at radius 3 is 2.22 bits per heavy atom. The second kappa shape index (κ2) is 16.2. The van der Waals surface area contributed by atoms with Gasteiger partial charge in [-0.3, -0.25) is 4.79 Å². The van der Waals surface area contributed by atoms with Gasteiger partial charge in [0.1, 0.15) is 13.2 Å². The van der Waals surface area contributed by atoms with E-state index >= 15 is 0 Å². The number of hydrogen-bond donors (Lipinski definition) is 2. The number of thiazole rings is 1. The summed E-state index contributed by atoms with van der Waals surface area (Å²) in [5, 5.41) is 10.7. The van der Waals surface area contributed by atoms with E-state index in [-0.39, 0.29) is 12.5 Å². The maximum absolute atomic E-state index is 12.7. The molecular weight excluding hydrogens is 679 g/mol. The first kappa shape index (κ1) is 33.5.